The zero-order chi connectivity index (χ0) is 30.3. The number of nitrogens with one attached hydrogen (secondary N) is 1. The highest BCUT2D eigenvalue weighted by atomic mass is 35.5. The summed E-state index contributed by atoms with van der Waals surface area (Å²) in [5, 5.41) is 3.68. The summed E-state index contributed by atoms with van der Waals surface area (Å²) >= 11 is 13.0. The molecular weight excluding hydrogens is 581 g/mol. The molecule has 41 heavy (non-hydrogen) atoms. The van der Waals surface area contributed by atoms with E-state index in [0.717, 1.165) is 21.7 Å². The molecule has 0 fully saturated rings. The van der Waals surface area contributed by atoms with E-state index in [-0.39, 0.29) is 24.9 Å². The molecule has 3 rings (SSSR count). The summed E-state index contributed by atoms with van der Waals surface area (Å²) < 4.78 is 27.1. The summed E-state index contributed by atoms with van der Waals surface area (Å²) in [6.07, 6.45) is 1.97. The fourth-order valence-corrected chi connectivity index (χ4v) is 5.95. The molecule has 0 heterocycles. The minimum absolute atomic E-state index is 0.0900. The Morgan fingerprint density at radius 1 is 0.951 bits per heavy atom. The van der Waals surface area contributed by atoms with E-state index in [1.807, 2.05) is 57.2 Å². The van der Waals surface area contributed by atoms with Gasteiger partial charge in [-0.25, -0.2) is 8.42 Å². The van der Waals surface area contributed by atoms with Crippen LogP contribution in [0.4, 0.5) is 5.69 Å². The highest BCUT2D eigenvalue weighted by Gasteiger charge is 2.34. The maximum absolute atomic E-state index is 14.2. The lowest BCUT2D eigenvalue weighted by molar-refractivity contribution is -0.140. The van der Waals surface area contributed by atoms with Gasteiger partial charge in [-0.15, -0.1) is 0 Å². The molecular formula is C31H37Cl2N3O4S. The van der Waals surface area contributed by atoms with Crippen molar-refractivity contribution >= 4 is 50.7 Å². The minimum atomic E-state index is -3.87. The molecule has 0 radical (unpaired) electrons. The van der Waals surface area contributed by atoms with Gasteiger partial charge in [0.25, 0.3) is 0 Å². The van der Waals surface area contributed by atoms with Crippen LogP contribution in [0.15, 0.2) is 66.7 Å². The number of carbonyl (C=O) groups is 2. The number of aryl methyl sites for hydroxylation is 2. The number of rotatable bonds is 12. The molecule has 3 aromatic carbocycles. The first kappa shape index (κ1) is 32.4. The van der Waals surface area contributed by atoms with E-state index in [9.17, 15) is 18.0 Å². The van der Waals surface area contributed by atoms with Crippen LogP contribution in [0.25, 0.3) is 0 Å². The highest BCUT2D eigenvalue weighted by Crippen LogP contribution is 2.29. The first-order valence-electron chi connectivity index (χ1n) is 13.4. The van der Waals surface area contributed by atoms with Gasteiger partial charge in [0.1, 0.15) is 12.6 Å². The zero-order valence-corrected chi connectivity index (χ0v) is 26.4. The van der Waals surface area contributed by atoms with Gasteiger partial charge >= 0.3 is 0 Å². The second-order valence-electron chi connectivity index (χ2n) is 10.3. The van der Waals surface area contributed by atoms with Crippen molar-refractivity contribution in [2.24, 2.45) is 0 Å². The number of amides is 2. The maximum atomic E-state index is 14.2. The number of sulfonamides is 1. The quantitative estimate of drug-likeness (QED) is 0.273. The number of nitrogens with zero attached hydrogens (tertiary/aromatic N) is 2. The Morgan fingerprint density at radius 2 is 1.59 bits per heavy atom. The lowest BCUT2D eigenvalue weighted by Crippen LogP contribution is -2.54. The van der Waals surface area contributed by atoms with Crippen molar-refractivity contribution in [3.8, 4) is 0 Å². The zero-order valence-electron chi connectivity index (χ0n) is 24.0. The molecule has 0 bridgehead atoms. The molecule has 0 saturated carbocycles. The van der Waals surface area contributed by atoms with Crippen LogP contribution in [0.3, 0.4) is 0 Å². The molecule has 7 nitrogen and oxygen atoms in total. The van der Waals surface area contributed by atoms with Crippen LogP contribution in [0.2, 0.25) is 10.0 Å². The Labute approximate surface area is 253 Å². The number of hydrogen-bond acceptors (Lipinski definition) is 4. The molecule has 10 heteroatoms. The van der Waals surface area contributed by atoms with Gasteiger partial charge in [-0.2, -0.15) is 0 Å². The lowest BCUT2D eigenvalue weighted by atomic mass is 10.0. The third-order valence-corrected chi connectivity index (χ3v) is 8.80. The SMILES string of the molecule is CC[C@H](C)NC(=O)[C@H](Cc1ccccc1)N(Cc1c(Cl)cccc1Cl)C(=O)CN(c1ccc(C)cc1C)S(C)(=O)=O. The normalized spacial score (nSPS) is 12.9. The van der Waals surface area contributed by atoms with Crippen LogP contribution in [0, 0.1) is 13.8 Å². The average Bonchev–Trinajstić information content (AvgIpc) is 2.90. The Hall–Kier alpha value is -3.07. The van der Waals surface area contributed by atoms with Gasteiger partial charge in [0.05, 0.1) is 11.9 Å². The van der Waals surface area contributed by atoms with Crippen molar-refractivity contribution in [3.05, 3.63) is 99.0 Å². The van der Waals surface area contributed by atoms with Gasteiger partial charge in [-0.05, 0) is 56.5 Å². The van der Waals surface area contributed by atoms with E-state index in [1.54, 1.807) is 37.3 Å². The summed E-state index contributed by atoms with van der Waals surface area (Å²) in [5.41, 5.74) is 3.38. The smallest absolute Gasteiger partial charge is 0.244 e. The Morgan fingerprint density at radius 3 is 2.15 bits per heavy atom. The number of anilines is 1. The average molecular weight is 619 g/mol. The molecule has 2 atom stereocenters. The Bertz CT molecular complexity index is 1460. The van der Waals surface area contributed by atoms with Crippen molar-refractivity contribution in [1.29, 1.82) is 0 Å². The van der Waals surface area contributed by atoms with E-state index in [0.29, 0.717) is 33.3 Å². The van der Waals surface area contributed by atoms with E-state index in [4.69, 9.17) is 23.2 Å². The second kappa shape index (κ2) is 14.2. The predicted octanol–water partition coefficient (Wildman–Crippen LogP) is 5.93. The number of carbonyl (C=O) groups excluding carboxylic acids is 2. The maximum Gasteiger partial charge on any atom is 0.244 e. The third kappa shape index (κ3) is 8.71. The van der Waals surface area contributed by atoms with Crippen LogP contribution >= 0.6 is 23.2 Å². The standard InChI is InChI=1S/C31H37Cl2N3O4S/c1-6-23(4)34-31(38)29(18-24-11-8-7-9-12-24)35(19-25-26(32)13-10-14-27(25)33)30(37)20-36(41(5,39)40)28-16-15-21(2)17-22(28)3/h7-17,23,29H,6,18-20H2,1-5H3,(H,34,38)/t23-,29-/m0/s1. The van der Waals surface area contributed by atoms with E-state index >= 15 is 0 Å². The Kier molecular flexibility index (Phi) is 11.2. The van der Waals surface area contributed by atoms with Gasteiger partial charge in [0, 0.05) is 34.6 Å². The highest BCUT2D eigenvalue weighted by molar-refractivity contribution is 7.92. The molecule has 0 spiro atoms. The topological polar surface area (TPSA) is 86.8 Å². The third-order valence-electron chi connectivity index (χ3n) is 6.96. The monoisotopic (exact) mass is 617 g/mol. The van der Waals surface area contributed by atoms with Gasteiger partial charge < -0.3 is 10.2 Å². The van der Waals surface area contributed by atoms with Crippen molar-refractivity contribution in [2.45, 2.75) is 59.2 Å². The van der Waals surface area contributed by atoms with Gasteiger partial charge in [0.2, 0.25) is 21.8 Å². The van der Waals surface area contributed by atoms with Crippen LogP contribution in [-0.4, -0.2) is 50.0 Å². The van der Waals surface area contributed by atoms with Gasteiger partial charge in [0.15, 0.2) is 0 Å². The largest absolute Gasteiger partial charge is 0.352 e. The van der Waals surface area contributed by atoms with Crippen molar-refractivity contribution in [2.75, 3.05) is 17.1 Å². The number of hydrogen-bond donors (Lipinski definition) is 1. The summed E-state index contributed by atoms with van der Waals surface area (Å²) in [7, 11) is -3.87. The summed E-state index contributed by atoms with van der Waals surface area (Å²) in [6.45, 7) is 6.95. The van der Waals surface area contributed by atoms with E-state index in [2.05, 4.69) is 5.32 Å². The first-order valence-corrected chi connectivity index (χ1v) is 16.0. The van der Waals surface area contributed by atoms with Crippen molar-refractivity contribution in [3.63, 3.8) is 0 Å². The van der Waals surface area contributed by atoms with Crippen molar-refractivity contribution < 1.29 is 18.0 Å². The number of benzene rings is 3. The summed E-state index contributed by atoms with van der Waals surface area (Å²) in [6, 6.07) is 18.6. The molecule has 0 aliphatic rings. The van der Waals surface area contributed by atoms with Crippen molar-refractivity contribution in [1.82, 2.24) is 10.2 Å². The predicted molar refractivity (Wildman–Crippen MR) is 167 cm³/mol. The Balaban J connectivity index is 2.13. The molecule has 0 aliphatic heterocycles. The number of halogens is 2. The van der Waals surface area contributed by atoms with E-state index < -0.39 is 28.5 Å². The van der Waals surface area contributed by atoms with Gasteiger partial charge in [-0.1, -0.05) is 84.2 Å². The summed E-state index contributed by atoms with van der Waals surface area (Å²) in [5.74, 6) is -0.913. The lowest BCUT2D eigenvalue weighted by Gasteiger charge is -2.34. The first-order chi connectivity index (χ1) is 19.3. The van der Waals surface area contributed by atoms with Crippen LogP contribution in [0.1, 0.15) is 42.5 Å². The van der Waals surface area contributed by atoms with Crippen LogP contribution < -0.4 is 9.62 Å². The molecule has 0 aromatic heterocycles. The minimum Gasteiger partial charge on any atom is -0.352 e. The second-order valence-corrected chi connectivity index (χ2v) is 13.0. The van der Waals surface area contributed by atoms with Gasteiger partial charge in [-0.3, -0.25) is 13.9 Å². The molecule has 0 unspecified atom stereocenters. The molecule has 0 saturated heterocycles. The fraction of sp³-hybridized carbons (Fsp3) is 0.355. The van der Waals surface area contributed by atoms with Crippen LogP contribution in [0.5, 0.6) is 0 Å². The summed E-state index contributed by atoms with van der Waals surface area (Å²) in [4.78, 5) is 29.4. The van der Waals surface area contributed by atoms with Crippen LogP contribution in [-0.2, 0) is 32.6 Å². The van der Waals surface area contributed by atoms with E-state index in [1.165, 1.54) is 4.90 Å². The molecule has 0 aliphatic carbocycles. The molecule has 1 N–H and O–H groups in total. The molecule has 3 aromatic rings. The molecule has 2 amide bonds. The molecule has 220 valence electrons. The fourth-order valence-electron chi connectivity index (χ4n) is 4.53.